The molecule has 1 heterocycles. The van der Waals surface area contributed by atoms with Crippen molar-refractivity contribution < 1.29 is 9.59 Å². The Balaban J connectivity index is 2.56. The van der Waals surface area contributed by atoms with Crippen LogP contribution in [0.3, 0.4) is 0 Å². The number of hydrogen-bond acceptors (Lipinski definition) is 4. The highest BCUT2D eigenvalue weighted by atomic mass is 32.1. The van der Waals surface area contributed by atoms with Crippen LogP contribution in [-0.4, -0.2) is 41.8 Å². The third-order valence-electron chi connectivity index (χ3n) is 1.82. The van der Waals surface area contributed by atoms with Crippen LogP contribution < -0.4 is 5.32 Å². The monoisotopic (exact) mass is 227 g/mol. The van der Waals surface area contributed by atoms with Gasteiger partial charge in [-0.3, -0.25) is 9.59 Å². The standard InChI is InChI=1S/C9H13N3O2S/c1-6(9(14)12(2)3)11-8(13)7-4-15-5-10-7/h4-6H,1-3H3,(H,11,13). The quantitative estimate of drug-likeness (QED) is 0.810. The Labute approximate surface area is 92.1 Å². The molecule has 5 nitrogen and oxygen atoms in total. The Morgan fingerprint density at radius 1 is 1.53 bits per heavy atom. The van der Waals surface area contributed by atoms with Crippen LogP contribution in [0.4, 0.5) is 0 Å². The lowest BCUT2D eigenvalue weighted by atomic mass is 10.3. The molecule has 15 heavy (non-hydrogen) atoms. The zero-order valence-corrected chi connectivity index (χ0v) is 9.67. The molecule has 1 aromatic rings. The number of nitrogens with zero attached hydrogens (tertiary/aromatic N) is 2. The summed E-state index contributed by atoms with van der Waals surface area (Å²) >= 11 is 1.34. The molecule has 82 valence electrons. The van der Waals surface area contributed by atoms with Crippen LogP contribution in [0.5, 0.6) is 0 Å². The fraction of sp³-hybridized carbons (Fsp3) is 0.444. The van der Waals surface area contributed by atoms with Gasteiger partial charge in [-0.05, 0) is 6.92 Å². The number of nitrogens with one attached hydrogen (secondary N) is 1. The molecule has 6 heteroatoms. The minimum absolute atomic E-state index is 0.140. The Morgan fingerprint density at radius 3 is 2.67 bits per heavy atom. The Kier molecular flexibility index (Phi) is 3.79. The summed E-state index contributed by atoms with van der Waals surface area (Å²) in [6.45, 7) is 1.65. The van der Waals surface area contributed by atoms with E-state index in [0.29, 0.717) is 5.69 Å². The molecule has 1 aromatic heterocycles. The van der Waals surface area contributed by atoms with Crippen molar-refractivity contribution in [2.75, 3.05) is 14.1 Å². The molecule has 0 bridgehead atoms. The highest BCUT2D eigenvalue weighted by Crippen LogP contribution is 2.01. The summed E-state index contributed by atoms with van der Waals surface area (Å²) in [5.41, 5.74) is 1.92. The molecule has 0 aliphatic carbocycles. The van der Waals surface area contributed by atoms with E-state index < -0.39 is 6.04 Å². The predicted molar refractivity (Wildman–Crippen MR) is 57.7 cm³/mol. The molecule has 0 aliphatic heterocycles. The van der Waals surface area contributed by atoms with E-state index in [1.54, 1.807) is 31.9 Å². The van der Waals surface area contributed by atoms with E-state index in [0.717, 1.165) is 0 Å². The lowest BCUT2D eigenvalue weighted by Gasteiger charge is -2.17. The lowest BCUT2D eigenvalue weighted by molar-refractivity contribution is -0.130. The third-order valence-corrected chi connectivity index (χ3v) is 2.41. The van der Waals surface area contributed by atoms with Crippen LogP contribution >= 0.6 is 11.3 Å². The average molecular weight is 227 g/mol. The summed E-state index contributed by atoms with van der Waals surface area (Å²) in [4.78, 5) is 28.2. The van der Waals surface area contributed by atoms with Crippen molar-refractivity contribution in [3.8, 4) is 0 Å². The fourth-order valence-electron chi connectivity index (χ4n) is 1.04. The van der Waals surface area contributed by atoms with Crippen LogP contribution in [0.2, 0.25) is 0 Å². The van der Waals surface area contributed by atoms with Gasteiger partial charge in [-0.2, -0.15) is 0 Å². The van der Waals surface area contributed by atoms with Crippen molar-refractivity contribution in [1.82, 2.24) is 15.2 Å². The minimum Gasteiger partial charge on any atom is -0.347 e. The topological polar surface area (TPSA) is 62.3 Å². The van der Waals surface area contributed by atoms with E-state index in [1.165, 1.54) is 16.2 Å². The van der Waals surface area contributed by atoms with Crippen LogP contribution in [0.25, 0.3) is 0 Å². The molecule has 2 amide bonds. The maximum Gasteiger partial charge on any atom is 0.271 e. The molecule has 0 saturated heterocycles. The average Bonchev–Trinajstić information content (AvgIpc) is 2.68. The largest absolute Gasteiger partial charge is 0.347 e. The van der Waals surface area contributed by atoms with Crippen LogP contribution in [0, 0.1) is 0 Å². The van der Waals surface area contributed by atoms with Crippen LogP contribution in [0.1, 0.15) is 17.4 Å². The lowest BCUT2D eigenvalue weighted by Crippen LogP contribution is -2.44. The van der Waals surface area contributed by atoms with E-state index in [9.17, 15) is 9.59 Å². The number of rotatable bonds is 3. The number of likely N-dealkylation sites (N-methyl/N-ethyl adjacent to an activating group) is 1. The second-order valence-electron chi connectivity index (χ2n) is 3.30. The predicted octanol–water partition coefficient (Wildman–Crippen LogP) is 0.350. The summed E-state index contributed by atoms with van der Waals surface area (Å²) in [6, 6.07) is -0.533. The van der Waals surface area contributed by atoms with Gasteiger partial charge < -0.3 is 10.2 Å². The number of carbonyl (C=O) groups excluding carboxylic acids is 2. The molecule has 1 rings (SSSR count). The van der Waals surface area contributed by atoms with Crippen molar-refractivity contribution in [2.24, 2.45) is 0 Å². The normalized spacial score (nSPS) is 11.9. The second-order valence-corrected chi connectivity index (χ2v) is 4.02. The van der Waals surface area contributed by atoms with Crippen LogP contribution in [-0.2, 0) is 4.79 Å². The first-order valence-corrected chi connectivity index (χ1v) is 5.37. The minimum atomic E-state index is -0.533. The van der Waals surface area contributed by atoms with Gasteiger partial charge in [-0.25, -0.2) is 4.98 Å². The summed E-state index contributed by atoms with van der Waals surface area (Å²) in [5.74, 6) is -0.461. The number of hydrogen-bond donors (Lipinski definition) is 1. The van der Waals surface area contributed by atoms with E-state index in [4.69, 9.17) is 0 Å². The summed E-state index contributed by atoms with van der Waals surface area (Å²) in [6.07, 6.45) is 0. The third kappa shape index (κ3) is 3.02. The smallest absolute Gasteiger partial charge is 0.271 e. The van der Waals surface area contributed by atoms with Gasteiger partial charge in [0.25, 0.3) is 5.91 Å². The molecule has 0 saturated carbocycles. The van der Waals surface area contributed by atoms with Gasteiger partial charge in [0.15, 0.2) is 0 Å². The molecular weight excluding hydrogens is 214 g/mol. The van der Waals surface area contributed by atoms with E-state index in [2.05, 4.69) is 10.3 Å². The van der Waals surface area contributed by atoms with Gasteiger partial charge in [-0.15, -0.1) is 11.3 Å². The van der Waals surface area contributed by atoms with Crippen molar-refractivity contribution in [1.29, 1.82) is 0 Å². The molecule has 1 unspecified atom stereocenters. The van der Waals surface area contributed by atoms with Gasteiger partial charge in [0.05, 0.1) is 5.51 Å². The molecule has 0 aromatic carbocycles. The van der Waals surface area contributed by atoms with Gasteiger partial charge in [-0.1, -0.05) is 0 Å². The number of aromatic nitrogens is 1. The number of thiazole rings is 1. The summed E-state index contributed by atoms with van der Waals surface area (Å²) in [5, 5.41) is 4.22. The zero-order valence-electron chi connectivity index (χ0n) is 8.85. The van der Waals surface area contributed by atoms with Gasteiger partial charge >= 0.3 is 0 Å². The molecule has 0 aliphatic rings. The molecule has 1 atom stereocenters. The van der Waals surface area contributed by atoms with Crippen LogP contribution in [0.15, 0.2) is 10.9 Å². The Bertz CT molecular complexity index is 348. The van der Waals surface area contributed by atoms with E-state index in [1.807, 2.05) is 0 Å². The second kappa shape index (κ2) is 4.88. The van der Waals surface area contributed by atoms with Gasteiger partial charge in [0.1, 0.15) is 11.7 Å². The first kappa shape index (κ1) is 11.6. The summed E-state index contributed by atoms with van der Waals surface area (Å²) in [7, 11) is 3.29. The first-order chi connectivity index (χ1) is 7.02. The number of carbonyl (C=O) groups is 2. The van der Waals surface area contributed by atoms with Crippen molar-refractivity contribution in [2.45, 2.75) is 13.0 Å². The van der Waals surface area contributed by atoms with Crippen molar-refractivity contribution >= 4 is 23.2 Å². The molecule has 1 N–H and O–H groups in total. The summed E-state index contributed by atoms with van der Waals surface area (Å²) < 4.78 is 0. The van der Waals surface area contributed by atoms with E-state index in [-0.39, 0.29) is 11.8 Å². The zero-order chi connectivity index (χ0) is 11.4. The van der Waals surface area contributed by atoms with Gasteiger partial charge in [0.2, 0.25) is 5.91 Å². The SMILES string of the molecule is CC(NC(=O)c1cscn1)C(=O)N(C)C. The van der Waals surface area contributed by atoms with Gasteiger partial charge in [0, 0.05) is 19.5 Å². The Hall–Kier alpha value is -1.43. The highest BCUT2D eigenvalue weighted by Gasteiger charge is 2.18. The molecular formula is C9H13N3O2S. The number of amides is 2. The molecule has 0 radical (unpaired) electrons. The highest BCUT2D eigenvalue weighted by molar-refractivity contribution is 7.07. The maximum atomic E-state index is 11.5. The first-order valence-electron chi connectivity index (χ1n) is 4.42. The maximum absolute atomic E-state index is 11.5. The van der Waals surface area contributed by atoms with Crippen molar-refractivity contribution in [3.63, 3.8) is 0 Å². The van der Waals surface area contributed by atoms with E-state index >= 15 is 0 Å². The fourth-order valence-corrected chi connectivity index (χ4v) is 1.58. The van der Waals surface area contributed by atoms with Crippen molar-refractivity contribution in [3.05, 3.63) is 16.6 Å². The molecule has 0 fully saturated rings. The molecule has 0 spiro atoms. The Morgan fingerprint density at radius 2 is 2.20 bits per heavy atom.